The summed E-state index contributed by atoms with van der Waals surface area (Å²) in [6.07, 6.45) is 4.08. The number of likely N-dealkylation sites (tertiary alicyclic amines) is 1. The number of H-pyrrole nitrogens is 2. The van der Waals surface area contributed by atoms with Crippen molar-refractivity contribution in [2.24, 2.45) is 0 Å². The molecule has 2 aliphatic rings. The van der Waals surface area contributed by atoms with E-state index in [1.807, 2.05) is 41.3 Å². The Hall–Kier alpha value is -3.16. The molecule has 0 radical (unpaired) electrons. The van der Waals surface area contributed by atoms with E-state index in [1.165, 1.54) is 0 Å². The van der Waals surface area contributed by atoms with E-state index in [-0.39, 0.29) is 17.5 Å². The number of nitrogens with one attached hydrogen (secondary N) is 2. The van der Waals surface area contributed by atoms with Gasteiger partial charge in [-0.2, -0.15) is 10.2 Å². The Morgan fingerprint density at radius 1 is 1.04 bits per heavy atom. The summed E-state index contributed by atoms with van der Waals surface area (Å²) in [6, 6.07) is 11.4. The second-order valence-corrected chi connectivity index (χ2v) is 7.63. The van der Waals surface area contributed by atoms with E-state index in [9.17, 15) is 9.59 Å². The minimum Gasteiger partial charge on any atom is -0.337 e. The van der Waals surface area contributed by atoms with Gasteiger partial charge in [0, 0.05) is 30.6 Å². The lowest BCUT2D eigenvalue weighted by atomic mass is 9.96. The number of hydrogen-bond donors (Lipinski definition) is 2. The molecule has 0 spiro atoms. The monoisotopic (exact) mass is 378 g/mol. The second-order valence-electron chi connectivity index (χ2n) is 7.63. The number of amides is 1. The molecular formula is C20H22N6O2. The summed E-state index contributed by atoms with van der Waals surface area (Å²) in [5.41, 5.74) is 2.05. The zero-order valence-electron chi connectivity index (χ0n) is 15.5. The molecule has 2 aromatic heterocycles. The minimum atomic E-state index is -0.258. The highest BCUT2D eigenvalue weighted by molar-refractivity contribution is 5.92. The van der Waals surface area contributed by atoms with E-state index in [4.69, 9.17) is 0 Å². The van der Waals surface area contributed by atoms with Gasteiger partial charge >= 0.3 is 5.69 Å². The first-order valence-corrected chi connectivity index (χ1v) is 9.78. The zero-order chi connectivity index (χ0) is 19.1. The van der Waals surface area contributed by atoms with Crippen molar-refractivity contribution in [1.82, 2.24) is 29.9 Å². The third-order valence-electron chi connectivity index (χ3n) is 5.62. The van der Waals surface area contributed by atoms with E-state index in [2.05, 4.69) is 20.4 Å². The van der Waals surface area contributed by atoms with Crippen LogP contribution in [0.25, 0.3) is 5.69 Å². The number of carbonyl (C=O) groups is 1. The van der Waals surface area contributed by atoms with Gasteiger partial charge in [-0.05, 0) is 43.9 Å². The topological polar surface area (TPSA) is 99.7 Å². The van der Waals surface area contributed by atoms with Crippen LogP contribution in [-0.2, 0) is 0 Å². The van der Waals surface area contributed by atoms with Gasteiger partial charge in [-0.3, -0.25) is 9.89 Å². The van der Waals surface area contributed by atoms with Crippen molar-refractivity contribution < 1.29 is 4.79 Å². The Kier molecular flexibility index (Phi) is 4.11. The quantitative estimate of drug-likeness (QED) is 0.727. The van der Waals surface area contributed by atoms with E-state index in [1.54, 1.807) is 4.57 Å². The summed E-state index contributed by atoms with van der Waals surface area (Å²) < 4.78 is 1.61. The van der Waals surface area contributed by atoms with Crippen LogP contribution in [0.4, 0.5) is 0 Å². The summed E-state index contributed by atoms with van der Waals surface area (Å²) in [4.78, 5) is 27.1. The number of piperidine rings is 1. The SMILES string of the molecule is O=C(c1cc(C2CC2)[nH]n1)N1CCC[C@H](c2n[nH]c(=O)n2-c2ccccc2)C1. The highest BCUT2D eigenvalue weighted by Crippen LogP contribution is 2.39. The third kappa shape index (κ3) is 3.04. The molecule has 8 nitrogen and oxygen atoms in total. The van der Waals surface area contributed by atoms with Crippen molar-refractivity contribution in [3.8, 4) is 5.69 Å². The van der Waals surface area contributed by atoms with Gasteiger partial charge in [0.05, 0.1) is 5.69 Å². The number of aromatic amines is 2. The normalized spacial score (nSPS) is 19.7. The lowest BCUT2D eigenvalue weighted by molar-refractivity contribution is 0.0698. The third-order valence-corrected chi connectivity index (χ3v) is 5.62. The molecule has 1 aromatic carbocycles. The second kappa shape index (κ2) is 6.78. The number of nitrogens with zero attached hydrogens (tertiary/aromatic N) is 4. The van der Waals surface area contributed by atoms with Gasteiger partial charge in [-0.15, -0.1) is 0 Å². The summed E-state index contributed by atoms with van der Waals surface area (Å²) in [6.45, 7) is 1.22. The number of benzene rings is 1. The van der Waals surface area contributed by atoms with Crippen LogP contribution in [0.2, 0.25) is 0 Å². The lowest BCUT2D eigenvalue weighted by Crippen LogP contribution is -2.40. The fraction of sp³-hybridized carbons (Fsp3) is 0.400. The van der Waals surface area contributed by atoms with Crippen LogP contribution in [0.1, 0.15) is 59.5 Å². The minimum absolute atomic E-state index is 0.00120. The molecule has 1 aliphatic heterocycles. The van der Waals surface area contributed by atoms with Crippen LogP contribution in [0.3, 0.4) is 0 Å². The maximum Gasteiger partial charge on any atom is 0.347 e. The van der Waals surface area contributed by atoms with E-state index in [0.717, 1.165) is 37.1 Å². The molecule has 1 amide bonds. The summed E-state index contributed by atoms with van der Waals surface area (Å²) in [5.74, 6) is 1.15. The molecule has 5 rings (SSSR count). The maximum atomic E-state index is 12.9. The molecular weight excluding hydrogens is 356 g/mol. The number of para-hydroxylation sites is 1. The molecule has 1 saturated carbocycles. The number of aromatic nitrogens is 5. The van der Waals surface area contributed by atoms with Crippen molar-refractivity contribution in [3.05, 3.63) is 64.1 Å². The van der Waals surface area contributed by atoms with Crippen molar-refractivity contribution in [2.45, 2.75) is 37.5 Å². The molecule has 0 bridgehead atoms. The van der Waals surface area contributed by atoms with Crippen LogP contribution in [0.5, 0.6) is 0 Å². The van der Waals surface area contributed by atoms with Crippen LogP contribution in [0, 0.1) is 0 Å². The molecule has 3 heterocycles. The van der Waals surface area contributed by atoms with Crippen molar-refractivity contribution in [3.63, 3.8) is 0 Å². The fourth-order valence-electron chi connectivity index (χ4n) is 3.99. The highest BCUT2D eigenvalue weighted by atomic mass is 16.2. The molecule has 2 N–H and O–H groups in total. The number of rotatable bonds is 4. The number of carbonyl (C=O) groups excluding carboxylic acids is 1. The van der Waals surface area contributed by atoms with E-state index >= 15 is 0 Å². The van der Waals surface area contributed by atoms with E-state index < -0.39 is 0 Å². The van der Waals surface area contributed by atoms with Crippen LogP contribution in [0.15, 0.2) is 41.2 Å². The Morgan fingerprint density at radius 3 is 2.64 bits per heavy atom. The van der Waals surface area contributed by atoms with Crippen LogP contribution in [-0.4, -0.2) is 48.9 Å². The average molecular weight is 378 g/mol. The molecule has 8 heteroatoms. The van der Waals surface area contributed by atoms with Gasteiger partial charge in [0.25, 0.3) is 5.91 Å². The van der Waals surface area contributed by atoms with Crippen LogP contribution >= 0.6 is 0 Å². The van der Waals surface area contributed by atoms with Crippen LogP contribution < -0.4 is 5.69 Å². The predicted octanol–water partition coefficient (Wildman–Crippen LogP) is 2.18. The van der Waals surface area contributed by atoms with Gasteiger partial charge in [0.1, 0.15) is 11.5 Å². The Balaban J connectivity index is 1.39. The Labute approximate surface area is 161 Å². The van der Waals surface area contributed by atoms with Gasteiger partial charge in [0.2, 0.25) is 0 Å². The van der Waals surface area contributed by atoms with Crippen molar-refractivity contribution >= 4 is 5.91 Å². The first kappa shape index (κ1) is 17.0. The van der Waals surface area contributed by atoms with Gasteiger partial charge in [0.15, 0.2) is 0 Å². The molecule has 3 aromatic rings. The molecule has 144 valence electrons. The van der Waals surface area contributed by atoms with Gasteiger partial charge in [-0.25, -0.2) is 14.5 Å². The summed E-state index contributed by atoms with van der Waals surface area (Å²) in [7, 11) is 0. The summed E-state index contributed by atoms with van der Waals surface area (Å²) in [5, 5.41) is 14.1. The Morgan fingerprint density at radius 2 is 1.86 bits per heavy atom. The lowest BCUT2D eigenvalue weighted by Gasteiger charge is -2.31. The fourth-order valence-corrected chi connectivity index (χ4v) is 3.99. The number of hydrogen-bond acceptors (Lipinski definition) is 4. The van der Waals surface area contributed by atoms with Gasteiger partial charge in [-0.1, -0.05) is 18.2 Å². The predicted molar refractivity (Wildman–Crippen MR) is 103 cm³/mol. The molecule has 28 heavy (non-hydrogen) atoms. The molecule has 1 aliphatic carbocycles. The largest absolute Gasteiger partial charge is 0.347 e. The van der Waals surface area contributed by atoms with Crippen molar-refractivity contribution in [2.75, 3.05) is 13.1 Å². The molecule has 2 fully saturated rings. The Bertz CT molecular complexity index is 1050. The maximum absolute atomic E-state index is 12.9. The van der Waals surface area contributed by atoms with E-state index in [0.29, 0.717) is 30.5 Å². The standard InChI is InChI=1S/C20H22N6O2/c27-19(17-11-16(21-22-17)13-8-9-13)25-10-4-5-14(12-25)18-23-24-20(28)26(18)15-6-2-1-3-7-15/h1-3,6-7,11,13-14H,4-5,8-10,12H2,(H,21,22)(H,24,28)/t14-/m0/s1. The molecule has 1 saturated heterocycles. The molecule has 0 unspecified atom stereocenters. The highest BCUT2D eigenvalue weighted by Gasteiger charge is 2.32. The first-order chi connectivity index (χ1) is 13.7. The summed E-state index contributed by atoms with van der Waals surface area (Å²) >= 11 is 0. The molecule has 1 atom stereocenters. The van der Waals surface area contributed by atoms with Gasteiger partial charge < -0.3 is 4.90 Å². The average Bonchev–Trinajstić information content (AvgIpc) is 3.34. The zero-order valence-corrected chi connectivity index (χ0v) is 15.5. The van der Waals surface area contributed by atoms with Crippen molar-refractivity contribution in [1.29, 1.82) is 0 Å². The first-order valence-electron chi connectivity index (χ1n) is 9.78. The smallest absolute Gasteiger partial charge is 0.337 e.